The van der Waals surface area contributed by atoms with Gasteiger partial charge in [0.05, 0.1) is 13.2 Å². The minimum absolute atomic E-state index is 0.238. The van der Waals surface area contributed by atoms with Gasteiger partial charge >= 0.3 is 6.03 Å². The third-order valence-electron chi connectivity index (χ3n) is 4.32. The fourth-order valence-corrected chi connectivity index (χ4v) is 2.88. The molecule has 3 aromatic carbocycles. The molecule has 0 aliphatic heterocycles. The topological polar surface area (TPSA) is 93.5 Å². The molecule has 0 aliphatic rings. The maximum absolute atomic E-state index is 12.5. The van der Waals surface area contributed by atoms with Gasteiger partial charge in [0.2, 0.25) is 0 Å². The molecular weight excluding hydrogens is 366 g/mol. The van der Waals surface area contributed by atoms with Gasteiger partial charge in [0.25, 0.3) is 5.91 Å². The molecule has 0 unspecified atom stereocenters. The Morgan fingerprint density at radius 3 is 2.31 bits per heavy atom. The van der Waals surface area contributed by atoms with E-state index in [0.717, 1.165) is 16.7 Å². The van der Waals surface area contributed by atoms with Crippen molar-refractivity contribution >= 4 is 17.6 Å². The van der Waals surface area contributed by atoms with Crippen molar-refractivity contribution in [2.75, 3.05) is 5.32 Å². The summed E-state index contributed by atoms with van der Waals surface area (Å²) < 4.78 is 5.83. The summed E-state index contributed by atoms with van der Waals surface area (Å²) in [6.07, 6.45) is 0. The molecule has 0 bridgehead atoms. The molecule has 0 saturated carbocycles. The first-order valence-corrected chi connectivity index (χ1v) is 9.25. The van der Waals surface area contributed by atoms with E-state index in [9.17, 15) is 9.59 Å². The van der Waals surface area contributed by atoms with E-state index in [1.807, 2.05) is 54.6 Å². The van der Waals surface area contributed by atoms with Gasteiger partial charge in [-0.1, -0.05) is 60.7 Å². The fourth-order valence-electron chi connectivity index (χ4n) is 2.88. The Morgan fingerprint density at radius 2 is 1.55 bits per heavy atom. The highest BCUT2D eigenvalue weighted by molar-refractivity contribution is 5.96. The molecule has 0 heterocycles. The van der Waals surface area contributed by atoms with Crippen LogP contribution in [-0.4, -0.2) is 11.9 Å². The predicted molar refractivity (Wildman–Crippen MR) is 112 cm³/mol. The van der Waals surface area contributed by atoms with Crippen LogP contribution in [0.5, 0.6) is 0 Å². The maximum Gasteiger partial charge on any atom is 0.316 e. The van der Waals surface area contributed by atoms with Crippen LogP contribution in [0.4, 0.5) is 10.5 Å². The summed E-state index contributed by atoms with van der Waals surface area (Å²) in [4.78, 5) is 23.5. The molecule has 0 aliphatic carbocycles. The summed E-state index contributed by atoms with van der Waals surface area (Å²) in [7, 11) is 0. The Balaban J connectivity index is 1.58. The van der Waals surface area contributed by atoms with E-state index < -0.39 is 6.03 Å². The van der Waals surface area contributed by atoms with Gasteiger partial charge in [-0.05, 0) is 34.9 Å². The molecular formula is C23H23N3O3. The molecule has 6 heteroatoms. The lowest BCUT2D eigenvalue weighted by atomic mass is 10.1. The van der Waals surface area contributed by atoms with Crippen LogP contribution < -0.4 is 16.4 Å². The minimum Gasteiger partial charge on any atom is -0.372 e. The molecule has 0 atom stereocenters. The summed E-state index contributed by atoms with van der Waals surface area (Å²) in [6.45, 7) is 1.36. The number of anilines is 1. The predicted octanol–water partition coefficient (Wildman–Crippen LogP) is 3.82. The van der Waals surface area contributed by atoms with Crippen molar-refractivity contribution in [3.05, 3.63) is 101 Å². The second-order valence-electron chi connectivity index (χ2n) is 6.50. The number of hydrogen-bond acceptors (Lipinski definition) is 3. The average molecular weight is 389 g/mol. The van der Waals surface area contributed by atoms with Crippen molar-refractivity contribution in [3.63, 3.8) is 0 Å². The second kappa shape index (κ2) is 10.1. The number of hydrogen-bond donors (Lipinski definition) is 3. The largest absolute Gasteiger partial charge is 0.372 e. The van der Waals surface area contributed by atoms with Gasteiger partial charge in [-0.15, -0.1) is 0 Å². The molecule has 148 valence electrons. The quantitative estimate of drug-likeness (QED) is 0.547. The lowest BCUT2D eigenvalue weighted by molar-refractivity contribution is 0.0947. The number of urea groups is 1. The highest BCUT2D eigenvalue weighted by atomic mass is 16.5. The summed E-state index contributed by atoms with van der Waals surface area (Å²) >= 11 is 0. The van der Waals surface area contributed by atoms with Gasteiger partial charge in [-0.3, -0.25) is 4.79 Å². The third-order valence-corrected chi connectivity index (χ3v) is 4.32. The van der Waals surface area contributed by atoms with Crippen LogP contribution in [0.15, 0.2) is 78.9 Å². The molecule has 0 fully saturated rings. The molecule has 3 rings (SSSR count). The van der Waals surface area contributed by atoms with Gasteiger partial charge in [0, 0.05) is 17.8 Å². The number of primary amides is 1. The van der Waals surface area contributed by atoms with Gasteiger partial charge in [0.1, 0.15) is 0 Å². The number of ether oxygens (including phenoxy) is 1. The van der Waals surface area contributed by atoms with Crippen LogP contribution in [0.3, 0.4) is 0 Å². The summed E-state index contributed by atoms with van der Waals surface area (Å²) in [6, 6.07) is 23.7. The number of benzene rings is 3. The van der Waals surface area contributed by atoms with E-state index in [1.54, 1.807) is 24.3 Å². The number of amides is 3. The van der Waals surface area contributed by atoms with Crippen molar-refractivity contribution in [1.29, 1.82) is 0 Å². The van der Waals surface area contributed by atoms with Gasteiger partial charge in [-0.25, -0.2) is 4.79 Å². The van der Waals surface area contributed by atoms with Crippen LogP contribution in [-0.2, 0) is 24.5 Å². The molecule has 6 nitrogen and oxygen atoms in total. The van der Waals surface area contributed by atoms with E-state index in [0.29, 0.717) is 31.0 Å². The van der Waals surface area contributed by atoms with Crippen LogP contribution in [0, 0.1) is 0 Å². The van der Waals surface area contributed by atoms with Crippen LogP contribution in [0.1, 0.15) is 27.0 Å². The molecule has 3 aromatic rings. The zero-order chi connectivity index (χ0) is 20.5. The Hall–Kier alpha value is -3.64. The summed E-state index contributed by atoms with van der Waals surface area (Å²) in [5, 5.41) is 5.37. The highest BCUT2D eigenvalue weighted by Crippen LogP contribution is 2.13. The first kappa shape index (κ1) is 20.1. The van der Waals surface area contributed by atoms with E-state index in [-0.39, 0.29) is 5.91 Å². The molecule has 29 heavy (non-hydrogen) atoms. The van der Waals surface area contributed by atoms with Crippen LogP contribution in [0.2, 0.25) is 0 Å². The van der Waals surface area contributed by atoms with Crippen molar-refractivity contribution in [3.8, 4) is 0 Å². The molecule has 0 radical (unpaired) electrons. The first-order valence-electron chi connectivity index (χ1n) is 9.25. The first-order chi connectivity index (χ1) is 14.1. The summed E-state index contributed by atoms with van der Waals surface area (Å²) in [5.41, 5.74) is 9.15. The maximum atomic E-state index is 12.5. The normalized spacial score (nSPS) is 10.3. The molecule has 4 N–H and O–H groups in total. The number of carbonyl (C=O) groups is 2. The highest BCUT2D eigenvalue weighted by Gasteiger charge is 2.09. The zero-order valence-electron chi connectivity index (χ0n) is 15.9. The lowest BCUT2D eigenvalue weighted by Gasteiger charge is -2.12. The second-order valence-corrected chi connectivity index (χ2v) is 6.50. The Labute approximate surface area is 169 Å². The van der Waals surface area contributed by atoms with E-state index in [1.165, 1.54) is 0 Å². The zero-order valence-corrected chi connectivity index (χ0v) is 15.9. The fraction of sp³-hybridized carbons (Fsp3) is 0.130. The third kappa shape index (κ3) is 6.19. The van der Waals surface area contributed by atoms with E-state index >= 15 is 0 Å². The van der Waals surface area contributed by atoms with E-state index in [4.69, 9.17) is 10.5 Å². The molecule has 3 amide bonds. The van der Waals surface area contributed by atoms with E-state index in [2.05, 4.69) is 10.6 Å². The van der Waals surface area contributed by atoms with Crippen molar-refractivity contribution < 1.29 is 14.3 Å². The monoisotopic (exact) mass is 389 g/mol. The number of nitrogens with two attached hydrogens (primary N) is 1. The number of carbonyl (C=O) groups excluding carboxylic acids is 2. The molecule has 0 saturated heterocycles. The smallest absolute Gasteiger partial charge is 0.316 e. The Bertz CT molecular complexity index is 974. The average Bonchev–Trinajstić information content (AvgIpc) is 2.73. The SMILES string of the molecule is NC(=O)Nc1cccc(C(=O)NCc2ccccc2COCc2ccccc2)c1. The lowest BCUT2D eigenvalue weighted by Crippen LogP contribution is -2.24. The standard InChI is InChI=1S/C23H23N3O3/c24-23(28)26-21-12-6-11-18(13-21)22(27)25-14-19-9-4-5-10-20(19)16-29-15-17-7-2-1-3-8-17/h1-13H,14-16H2,(H,25,27)(H3,24,26,28). The van der Waals surface area contributed by atoms with Gasteiger partial charge < -0.3 is 21.1 Å². The number of rotatable bonds is 8. The minimum atomic E-state index is -0.674. The van der Waals surface area contributed by atoms with Crippen LogP contribution >= 0.6 is 0 Å². The Kier molecular flexibility index (Phi) is 6.97. The van der Waals surface area contributed by atoms with Crippen molar-refractivity contribution in [2.24, 2.45) is 5.73 Å². The van der Waals surface area contributed by atoms with Crippen molar-refractivity contribution in [2.45, 2.75) is 19.8 Å². The molecule has 0 spiro atoms. The summed E-state index contributed by atoms with van der Waals surface area (Å²) in [5.74, 6) is -0.238. The van der Waals surface area contributed by atoms with Crippen molar-refractivity contribution in [1.82, 2.24) is 5.32 Å². The van der Waals surface area contributed by atoms with Crippen LogP contribution in [0.25, 0.3) is 0 Å². The number of nitrogens with one attached hydrogen (secondary N) is 2. The molecule has 0 aromatic heterocycles. The van der Waals surface area contributed by atoms with Gasteiger partial charge in [-0.2, -0.15) is 0 Å². The Morgan fingerprint density at radius 1 is 0.828 bits per heavy atom. The van der Waals surface area contributed by atoms with Gasteiger partial charge in [0.15, 0.2) is 0 Å².